The van der Waals surface area contributed by atoms with Gasteiger partial charge >= 0.3 is 5.97 Å². The zero-order valence-corrected chi connectivity index (χ0v) is 11.1. The van der Waals surface area contributed by atoms with Crippen molar-refractivity contribution in [1.29, 1.82) is 0 Å². The third kappa shape index (κ3) is 3.00. The SMILES string of the molecule is C=CCc1c(C)ncnc1Nc1ccc(C(=O)O)cc1. The van der Waals surface area contributed by atoms with Crippen LogP contribution in [0.15, 0.2) is 43.2 Å². The van der Waals surface area contributed by atoms with Crippen molar-refractivity contribution < 1.29 is 9.90 Å². The minimum atomic E-state index is -0.943. The van der Waals surface area contributed by atoms with Gasteiger partial charge in [0.1, 0.15) is 12.1 Å². The summed E-state index contributed by atoms with van der Waals surface area (Å²) in [4.78, 5) is 19.2. The van der Waals surface area contributed by atoms with Crippen LogP contribution in [0.3, 0.4) is 0 Å². The molecule has 5 nitrogen and oxygen atoms in total. The number of carbonyl (C=O) groups is 1. The van der Waals surface area contributed by atoms with Crippen LogP contribution in [0, 0.1) is 6.92 Å². The monoisotopic (exact) mass is 269 g/mol. The second kappa shape index (κ2) is 5.97. The molecular formula is C15H15N3O2. The molecule has 0 atom stereocenters. The molecule has 0 amide bonds. The van der Waals surface area contributed by atoms with Gasteiger partial charge in [0.05, 0.1) is 5.56 Å². The van der Waals surface area contributed by atoms with Crippen LogP contribution in [0.25, 0.3) is 0 Å². The van der Waals surface area contributed by atoms with Crippen molar-refractivity contribution in [3.8, 4) is 0 Å². The van der Waals surface area contributed by atoms with Gasteiger partial charge in [-0.15, -0.1) is 6.58 Å². The largest absolute Gasteiger partial charge is 0.478 e. The number of aromatic nitrogens is 2. The summed E-state index contributed by atoms with van der Waals surface area (Å²) in [6.07, 6.45) is 3.96. The lowest BCUT2D eigenvalue weighted by Gasteiger charge is -2.11. The Morgan fingerprint density at radius 1 is 1.35 bits per heavy atom. The smallest absolute Gasteiger partial charge is 0.335 e. The van der Waals surface area contributed by atoms with Gasteiger partial charge in [0.25, 0.3) is 0 Å². The average molecular weight is 269 g/mol. The Kier molecular flexibility index (Phi) is 4.10. The molecule has 0 spiro atoms. The van der Waals surface area contributed by atoms with Crippen molar-refractivity contribution in [2.45, 2.75) is 13.3 Å². The van der Waals surface area contributed by atoms with Gasteiger partial charge in [-0.1, -0.05) is 6.08 Å². The van der Waals surface area contributed by atoms with Gasteiger partial charge in [0.2, 0.25) is 0 Å². The minimum absolute atomic E-state index is 0.251. The molecule has 0 saturated carbocycles. The number of nitrogens with zero attached hydrogens (tertiary/aromatic N) is 2. The number of benzene rings is 1. The van der Waals surface area contributed by atoms with Crippen molar-refractivity contribution in [2.75, 3.05) is 5.32 Å². The minimum Gasteiger partial charge on any atom is -0.478 e. The quantitative estimate of drug-likeness (QED) is 0.816. The van der Waals surface area contributed by atoms with Crippen LogP contribution >= 0.6 is 0 Å². The molecule has 102 valence electrons. The summed E-state index contributed by atoms with van der Waals surface area (Å²) < 4.78 is 0. The number of rotatable bonds is 5. The van der Waals surface area contributed by atoms with Crippen LogP contribution in [0.2, 0.25) is 0 Å². The molecule has 0 bridgehead atoms. The van der Waals surface area contributed by atoms with E-state index in [1.165, 1.54) is 6.33 Å². The standard InChI is InChI=1S/C15H15N3O2/c1-3-4-13-10(2)16-9-17-14(13)18-12-7-5-11(6-8-12)15(19)20/h3,5-9H,1,4H2,2H3,(H,19,20)(H,16,17,18). The van der Waals surface area contributed by atoms with Crippen molar-refractivity contribution in [3.05, 3.63) is 60.1 Å². The number of hydrogen-bond acceptors (Lipinski definition) is 4. The van der Waals surface area contributed by atoms with Crippen LogP contribution in [0.5, 0.6) is 0 Å². The number of aromatic carboxylic acids is 1. The highest BCUT2D eigenvalue weighted by molar-refractivity contribution is 5.88. The van der Waals surface area contributed by atoms with Gasteiger partial charge in [-0.25, -0.2) is 14.8 Å². The fourth-order valence-electron chi connectivity index (χ4n) is 1.83. The molecule has 0 aliphatic heterocycles. The zero-order chi connectivity index (χ0) is 14.5. The highest BCUT2D eigenvalue weighted by Gasteiger charge is 2.08. The highest BCUT2D eigenvalue weighted by atomic mass is 16.4. The van der Waals surface area contributed by atoms with Crippen LogP contribution in [0.1, 0.15) is 21.6 Å². The Morgan fingerprint density at radius 3 is 2.65 bits per heavy atom. The third-order valence-corrected chi connectivity index (χ3v) is 2.90. The first-order valence-corrected chi connectivity index (χ1v) is 6.13. The Labute approximate surface area is 117 Å². The maximum Gasteiger partial charge on any atom is 0.335 e. The maximum atomic E-state index is 10.8. The maximum absolute atomic E-state index is 10.8. The molecule has 0 radical (unpaired) electrons. The van der Waals surface area contributed by atoms with Crippen LogP contribution < -0.4 is 5.32 Å². The number of carboxylic acid groups (broad SMARTS) is 1. The van der Waals surface area contributed by atoms with E-state index in [1.807, 2.05) is 6.92 Å². The van der Waals surface area contributed by atoms with E-state index in [2.05, 4.69) is 21.9 Å². The van der Waals surface area contributed by atoms with Gasteiger partial charge in [0.15, 0.2) is 0 Å². The molecule has 2 aromatic rings. The number of hydrogen-bond donors (Lipinski definition) is 2. The summed E-state index contributed by atoms with van der Waals surface area (Å²) in [5, 5.41) is 12.0. The van der Waals surface area contributed by atoms with E-state index < -0.39 is 5.97 Å². The molecule has 2 rings (SSSR count). The van der Waals surface area contributed by atoms with Gasteiger partial charge in [-0.3, -0.25) is 0 Å². The highest BCUT2D eigenvalue weighted by Crippen LogP contribution is 2.21. The molecule has 1 aromatic heterocycles. The van der Waals surface area contributed by atoms with Gasteiger partial charge < -0.3 is 10.4 Å². The van der Waals surface area contributed by atoms with Crippen LogP contribution in [0.4, 0.5) is 11.5 Å². The van der Waals surface area contributed by atoms with Crippen LogP contribution in [-0.4, -0.2) is 21.0 Å². The molecule has 20 heavy (non-hydrogen) atoms. The Balaban J connectivity index is 2.27. The fraction of sp³-hybridized carbons (Fsp3) is 0.133. The molecule has 0 fully saturated rings. The first-order valence-electron chi connectivity index (χ1n) is 6.13. The molecule has 1 aromatic carbocycles. The second-order valence-electron chi connectivity index (χ2n) is 4.29. The average Bonchev–Trinajstić information content (AvgIpc) is 2.43. The Hall–Kier alpha value is -2.69. The van der Waals surface area contributed by atoms with Crippen LogP contribution in [-0.2, 0) is 6.42 Å². The number of carboxylic acids is 1. The molecule has 0 saturated heterocycles. The molecule has 0 aliphatic carbocycles. The van der Waals surface area contributed by atoms with Gasteiger partial charge in [0, 0.05) is 16.9 Å². The van der Waals surface area contributed by atoms with Crippen molar-refractivity contribution in [1.82, 2.24) is 9.97 Å². The molecule has 0 aliphatic rings. The lowest BCUT2D eigenvalue weighted by atomic mass is 10.1. The predicted molar refractivity (Wildman–Crippen MR) is 77.4 cm³/mol. The van der Waals surface area contributed by atoms with E-state index >= 15 is 0 Å². The van der Waals surface area contributed by atoms with Crippen molar-refractivity contribution in [3.63, 3.8) is 0 Å². The van der Waals surface area contributed by atoms with E-state index in [9.17, 15) is 4.79 Å². The van der Waals surface area contributed by atoms with E-state index in [0.717, 1.165) is 16.9 Å². The number of allylic oxidation sites excluding steroid dienone is 1. The molecule has 5 heteroatoms. The first-order chi connectivity index (χ1) is 9.61. The summed E-state index contributed by atoms with van der Waals surface area (Å²) in [6.45, 7) is 5.64. The van der Waals surface area contributed by atoms with E-state index in [0.29, 0.717) is 12.2 Å². The summed E-state index contributed by atoms with van der Waals surface area (Å²) in [7, 11) is 0. The lowest BCUT2D eigenvalue weighted by Crippen LogP contribution is -2.03. The van der Waals surface area contributed by atoms with Crippen molar-refractivity contribution in [2.24, 2.45) is 0 Å². The predicted octanol–water partition coefficient (Wildman–Crippen LogP) is 2.96. The topological polar surface area (TPSA) is 75.1 Å². The number of aryl methyl sites for hydroxylation is 1. The summed E-state index contributed by atoms with van der Waals surface area (Å²) >= 11 is 0. The third-order valence-electron chi connectivity index (χ3n) is 2.90. The Morgan fingerprint density at radius 2 is 2.05 bits per heavy atom. The molecule has 1 heterocycles. The van der Waals surface area contributed by atoms with E-state index in [-0.39, 0.29) is 5.56 Å². The summed E-state index contributed by atoms with van der Waals surface area (Å²) in [5.41, 5.74) is 2.90. The zero-order valence-electron chi connectivity index (χ0n) is 11.1. The first kappa shape index (κ1) is 13.7. The number of anilines is 2. The fourth-order valence-corrected chi connectivity index (χ4v) is 1.83. The van der Waals surface area contributed by atoms with Gasteiger partial charge in [-0.05, 0) is 37.6 Å². The molecule has 0 unspecified atom stereocenters. The van der Waals surface area contributed by atoms with E-state index in [1.54, 1.807) is 30.3 Å². The normalized spacial score (nSPS) is 10.1. The van der Waals surface area contributed by atoms with Crippen molar-refractivity contribution >= 4 is 17.5 Å². The van der Waals surface area contributed by atoms with Gasteiger partial charge in [-0.2, -0.15) is 0 Å². The Bertz CT molecular complexity index is 636. The molecule has 2 N–H and O–H groups in total. The summed E-state index contributed by atoms with van der Waals surface area (Å²) in [6, 6.07) is 6.51. The second-order valence-corrected chi connectivity index (χ2v) is 4.29. The van der Waals surface area contributed by atoms with E-state index in [4.69, 9.17) is 5.11 Å². The lowest BCUT2D eigenvalue weighted by molar-refractivity contribution is 0.0697. The number of nitrogens with one attached hydrogen (secondary N) is 1. The molecular weight excluding hydrogens is 254 g/mol. The summed E-state index contributed by atoms with van der Waals surface area (Å²) in [5.74, 6) is -0.234.